The minimum Gasteiger partial charge on any atom is -0.395 e. The third-order valence-corrected chi connectivity index (χ3v) is 12.0. The van der Waals surface area contributed by atoms with Crippen LogP contribution in [0.25, 0.3) is 0 Å². The smallest absolute Gasteiger partial charge is 0.251 e. The van der Waals surface area contributed by atoms with Crippen molar-refractivity contribution in [3.05, 3.63) is 90.5 Å². The number of carbonyl (C=O) groups is 3. The summed E-state index contributed by atoms with van der Waals surface area (Å²) < 4.78 is -0.800. The molecule has 1 N–H and O–H groups in total. The van der Waals surface area contributed by atoms with Gasteiger partial charge in [0.25, 0.3) is 5.91 Å². The summed E-state index contributed by atoms with van der Waals surface area (Å²) in [5.74, 6) is -1.80. The summed E-state index contributed by atoms with van der Waals surface area (Å²) in [4.78, 5) is 48.4. The number of fused-ring (bicyclic) bond motifs is 1. The first kappa shape index (κ1) is 30.6. The molecule has 42 heavy (non-hydrogen) atoms. The molecule has 0 radical (unpaired) electrons. The lowest BCUT2D eigenvalue weighted by Gasteiger charge is -2.39. The Bertz CT molecular complexity index is 1370. The number of nitrogens with zero attached hydrogens (tertiary/aromatic N) is 3. The number of para-hydroxylation sites is 1. The van der Waals surface area contributed by atoms with Gasteiger partial charge in [-0.15, -0.1) is 24.9 Å². The summed E-state index contributed by atoms with van der Waals surface area (Å²) in [6, 6.07) is 14.9. The predicted molar refractivity (Wildman–Crippen MR) is 172 cm³/mol. The van der Waals surface area contributed by atoms with Gasteiger partial charge in [0.1, 0.15) is 6.04 Å². The fraction of sp³-hybridized carbons (Fsp3) is 0.424. The van der Waals surface area contributed by atoms with Crippen molar-refractivity contribution in [2.24, 2.45) is 11.8 Å². The lowest BCUT2D eigenvalue weighted by Crippen LogP contribution is -2.56. The molecule has 0 aromatic heterocycles. The number of anilines is 1. The van der Waals surface area contributed by atoms with E-state index in [1.54, 1.807) is 38.6 Å². The van der Waals surface area contributed by atoms with E-state index in [0.717, 1.165) is 22.4 Å². The van der Waals surface area contributed by atoms with Gasteiger partial charge in [0.05, 0.1) is 23.2 Å². The molecule has 3 amide bonds. The Morgan fingerprint density at radius 2 is 1.74 bits per heavy atom. The van der Waals surface area contributed by atoms with Crippen LogP contribution < -0.4 is 4.90 Å². The van der Waals surface area contributed by atoms with Crippen LogP contribution in [0.4, 0.5) is 5.69 Å². The lowest BCUT2D eigenvalue weighted by atomic mass is 9.70. The maximum Gasteiger partial charge on any atom is 0.251 e. The van der Waals surface area contributed by atoms with Crippen molar-refractivity contribution in [3.8, 4) is 0 Å². The summed E-state index contributed by atoms with van der Waals surface area (Å²) >= 11 is 5.46. The number of benzene rings is 2. The highest BCUT2D eigenvalue weighted by Crippen LogP contribution is 2.68. The van der Waals surface area contributed by atoms with E-state index in [2.05, 4.69) is 29.1 Å². The third kappa shape index (κ3) is 5.03. The molecule has 3 unspecified atom stereocenters. The Labute approximate surface area is 260 Å². The van der Waals surface area contributed by atoms with E-state index in [1.165, 1.54) is 0 Å². The number of aliphatic hydroxyl groups is 1. The number of alkyl halides is 1. The van der Waals surface area contributed by atoms with Crippen molar-refractivity contribution in [2.75, 3.05) is 31.1 Å². The van der Waals surface area contributed by atoms with Crippen molar-refractivity contribution in [1.82, 2.24) is 9.80 Å². The van der Waals surface area contributed by atoms with Crippen molar-refractivity contribution in [1.29, 1.82) is 0 Å². The second-order valence-electron chi connectivity index (χ2n) is 11.4. The number of carbonyl (C=O) groups excluding carboxylic acids is 3. The number of aryl methyl sites for hydroxylation is 2. The average Bonchev–Trinajstić information content (AvgIpc) is 3.55. The Hall–Kier alpha value is -2.88. The molecule has 3 saturated heterocycles. The van der Waals surface area contributed by atoms with Gasteiger partial charge in [-0.05, 0) is 37.0 Å². The molecular weight excluding hydrogens is 614 g/mol. The fourth-order valence-corrected chi connectivity index (χ4v) is 10.8. The Morgan fingerprint density at radius 1 is 1.07 bits per heavy atom. The average molecular weight is 653 g/mol. The number of thioether (sulfide) groups is 1. The number of β-amino-alcohol motifs (C(OH)–C–C–N with tert-alkyl or cyclic N) is 1. The first-order chi connectivity index (χ1) is 20.2. The largest absolute Gasteiger partial charge is 0.395 e. The SMILES string of the molecule is C=CCN(Cc1ccccc1)C(=O)[C@H]1[C@@H]2SC3(CC2Br)C(C(=O)N(CC=C)c2c(C)cccc2C)N(CCO)C(=O)[C@H]13. The van der Waals surface area contributed by atoms with Crippen LogP contribution >= 0.6 is 27.7 Å². The Morgan fingerprint density at radius 3 is 2.36 bits per heavy atom. The highest BCUT2D eigenvalue weighted by Gasteiger charge is 2.76. The lowest BCUT2D eigenvalue weighted by molar-refractivity contribution is -0.144. The number of hydrogen-bond donors (Lipinski definition) is 1. The molecule has 3 aliphatic rings. The molecule has 3 aliphatic heterocycles. The molecule has 9 heteroatoms. The van der Waals surface area contributed by atoms with Crippen LogP contribution in [0.15, 0.2) is 73.8 Å². The Kier molecular flexibility index (Phi) is 9.02. The van der Waals surface area contributed by atoms with E-state index in [9.17, 15) is 19.5 Å². The predicted octanol–water partition coefficient (Wildman–Crippen LogP) is 4.49. The molecule has 6 atom stereocenters. The summed E-state index contributed by atoms with van der Waals surface area (Å²) in [6.45, 7) is 12.5. The summed E-state index contributed by atoms with van der Waals surface area (Å²) in [5, 5.41) is 9.88. The molecule has 222 valence electrons. The van der Waals surface area contributed by atoms with Crippen LogP contribution in [0.1, 0.15) is 23.1 Å². The van der Waals surface area contributed by atoms with Gasteiger partial charge < -0.3 is 19.8 Å². The first-order valence-corrected chi connectivity index (χ1v) is 16.1. The quantitative estimate of drug-likeness (QED) is 0.286. The van der Waals surface area contributed by atoms with Crippen molar-refractivity contribution in [2.45, 2.75) is 47.7 Å². The molecule has 5 rings (SSSR count). The molecule has 0 aliphatic carbocycles. The van der Waals surface area contributed by atoms with E-state index in [4.69, 9.17) is 0 Å². The van der Waals surface area contributed by atoms with E-state index < -0.39 is 22.6 Å². The highest BCUT2D eigenvalue weighted by molar-refractivity contribution is 9.09. The molecule has 2 bridgehead atoms. The second-order valence-corrected chi connectivity index (χ2v) is 14.1. The molecular formula is C33H38BrN3O4S. The van der Waals surface area contributed by atoms with Gasteiger partial charge in [0, 0.05) is 41.9 Å². The molecule has 3 heterocycles. The number of amides is 3. The number of halogens is 1. The summed E-state index contributed by atoms with van der Waals surface area (Å²) in [6.07, 6.45) is 3.98. The van der Waals surface area contributed by atoms with Gasteiger partial charge in [-0.25, -0.2) is 0 Å². The van der Waals surface area contributed by atoms with Gasteiger partial charge >= 0.3 is 0 Å². The van der Waals surface area contributed by atoms with Crippen LogP contribution in [-0.4, -0.2) is 79.7 Å². The molecule has 1 spiro atoms. The summed E-state index contributed by atoms with van der Waals surface area (Å²) in [7, 11) is 0. The molecule has 2 aromatic rings. The number of likely N-dealkylation sites (tertiary alicyclic amines) is 1. The van der Waals surface area contributed by atoms with Gasteiger partial charge in [-0.3, -0.25) is 14.4 Å². The van der Waals surface area contributed by atoms with Crippen molar-refractivity contribution < 1.29 is 19.5 Å². The van der Waals surface area contributed by atoms with Gasteiger partial charge in [-0.1, -0.05) is 76.6 Å². The molecule has 7 nitrogen and oxygen atoms in total. The van der Waals surface area contributed by atoms with Crippen LogP contribution in [0.5, 0.6) is 0 Å². The molecule has 0 saturated carbocycles. The van der Waals surface area contributed by atoms with Crippen LogP contribution in [0.3, 0.4) is 0 Å². The van der Waals surface area contributed by atoms with Crippen LogP contribution in [0, 0.1) is 25.7 Å². The maximum absolute atomic E-state index is 14.7. The number of aliphatic hydroxyl groups excluding tert-OH is 1. The monoisotopic (exact) mass is 651 g/mol. The Balaban J connectivity index is 1.56. The van der Waals surface area contributed by atoms with Crippen molar-refractivity contribution in [3.63, 3.8) is 0 Å². The van der Waals surface area contributed by atoms with Gasteiger partial charge in [0.15, 0.2) is 0 Å². The summed E-state index contributed by atoms with van der Waals surface area (Å²) in [5.41, 5.74) is 3.70. The molecule has 2 aromatic carbocycles. The van der Waals surface area contributed by atoms with Gasteiger partial charge in [-0.2, -0.15) is 0 Å². The maximum atomic E-state index is 14.7. The van der Waals surface area contributed by atoms with Crippen LogP contribution in [-0.2, 0) is 20.9 Å². The zero-order valence-corrected chi connectivity index (χ0v) is 26.5. The van der Waals surface area contributed by atoms with E-state index >= 15 is 0 Å². The first-order valence-electron chi connectivity index (χ1n) is 14.4. The van der Waals surface area contributed by atoms with E-state index in [0.29, 0.717) is 19.5 Å². The third-order valence-electron chi connectivity index (χ3n) is 8.81. The number of rotatable bonds is 11. The molecule has 3 fully saturated rings. The highest BCUT2D eigenvalue weighted by atomic mass is 79.9. The zero-order chi connectivity index (χ0) is 30.2. The minimum absolute atomic E-state index is 0.0294. The van der Waals surface area contributed by atoms with E-state index in [-0.39, 0.29) is 47.5 Å². The van der Waals surface area contributed by atoms with Crippen molar-refractivity contribution >= 4 is 51.1 Å². The van der Waals surface area contributed by atoms with Crippen LogP contribution in [0.2, 0.25) is 0 Å². The number of hydrogen-bond acceptors (Lipinski definition) is 5. The zero-order valence-electron chi connectivity index (χ0n) is 24.1. The van der Waals surface area contributed by atoms with E-state index in [1.807, 2.05) is 62.4 Å². The standard InChI is InChI=1S/C33H38BrN3O4S/c1-5-15-35(20-23-13-8-7-9-14-23)30(39)25-26-31(40)37(17-18-38)29(33(26)19-24(34)28(25)42-33)32(41)36(16-6-2)27-21(3)11-10-12-22(27)4/h5-14,24-26,28-29,38H,1-2,15-20H2,3-4H3/t24?,25-,26+,28-,29?,33?/m1/s1. The normalized spacial score (nSPS) is 27.6. The minimum atomic E-state index is -0.823. The topological polar surface area (TPSA) is 81.2 Å². The second kappa shape index (κ2) is 12.4. The fourth-order valence-electron chi connectivity index (χ4n) is 7.24. The van der Waals surface area contributed by atoms with Gasteiger partial charge in [0.2, 0.25) is 11.8 Å².